The maximum atomic E-state index is 12.6. The summed E-state index contributed by atoms with van der Waals surface area (Å²) in [5, 5.41) is 13.5. The Morgan fingerprint density at radius 1 is 1.30 bits per heavy atom. The van der Waals surface area contributed by atoms with E-state index in [1.54, 1.807) is 24.3 Å². The summed E-state index contributed by atoms with van der Waals surface area (Å²) in [6.45, 7) is 0.470. The van der Waals surface area contributed by atoms with Gasteiger partial charge < -0.3 is 19.3 Å². The minimum Gasteiger partial charge on any atom is -0.479 e. The summed E-state index contributed by atoms with van der Waals surface area (Å²) in [5.41, 5.74) is 1.36. The number of aliphatic carboxylic acids is 1. The zero-order valence-electron chi connectivity index (χ0n) is 11.9. The molecule has 1 N–H and O–H groups in total. The lowest BCUT2D eigenvalue weighted by Crippen LogP contribution is -2.48. The molecule has 1 aromatic carbocycles. The lowest BCUT2D eigenvalue weighted by Gasteiger charge is -2.30. The van der Waals surface area contributed by atoms with Gasteiger partial charge in [0.2, 0.25) is 0 Å². The van der Waals surface area contributed by atoms with E-state index in [4.69, 9.17) is 26.0 Å². The van der Waals surface area contributed by atoms with E-state index in [1.807, 2.05) is 0 Å². The second-order valence-electron chi connectivity index (χ2n) is 5.03. The van der Waals surface area contributed by atoms with Crippen LogP contribution >= 0.6 is 11.6 Å². The summed E-state index contributed by atoms with van der Waals surface area (Å²) >= 11 is 5.85. The third-order valence-corrected chi connectivity index (χ3v) is 3.80. The molecule has 2 heterocycles. The zero-order chi connectivity index (χ0) is 16.4. The number of benzene rings is 1. The number of rotatable bonds is 3. The fraction of sp³-hybridized carbons (Fsp3) is 0.267. The van der Waals surface area contributed by atoms with Crippen molar-refractivity contribution in [3.8, 4) is 11.3 Å². The van der Waals surface area contributed by atoms with Gasteiger partial charge in [-0.2, -0.15) is 0 Å². The van der Waals surface area contributed by atoms with E-state index in [2.05, 4.69) is 5.16 Å². The lowest BCUT2D eigenvalue weighted by molar-refractivity contribution is -0.154. The Kier molecular flexibility index (Phi) is 4.31. The average Bonchev–Trinajstić information content (AvgIpc) is 3.04. The van der Waals surface area contributed by atoms with Crippen LogP contribution in [0, 0.1) is 0 Å². The predicted octanol–water partition coefficient (Wildman–Crippen LogP) is 1.92. The molecule has 1 saturated heterocycles. The van der Waals surface area contributed by atoms with Gasteiger partial charge in [-0.1, -0.05) is 28.9 Å². The van der Waals surface area contributed by atoms with Gasteiger partial charge in [0.05, 0.1) is 13.2 Å². The van der Waals surface area contributed by atoms with Gasteiger partial charge in [-0.15, -0.1) is 0 Å². The maximum Gasteiger partial charge on any atom is 0.334 e. The van der Waals surface area contributed by atoms with Crippen molar-refractivity contribution in [2.75, 3.05) is 19.7 Å². The molecule has 0 spiro atoms. The highest BCUT2D eigenvalue weighted by Gasteiger charge is 2.31. The largest absolute Gasteiger partial charge is 0.479 e. The number of morpholine rings is 1. The first-order valence-electron chi connectivity index (χ1n) is 6.90. The number of amides is 1. The van der Waals surface area contributed by atoms with Crippen molar-refractivity contribution < 1.29 is 24.0 Å². The fourth-order valence-electron chi connectivity index (χ4n) is 2.36. The Labute approximate surface area is 136 Å². The molecule has 1 fully saturated rings. The predicted molar refractivity (Wildman–Crippen MR) is 80.2 cm³/mol. The van der Waals surface area contributed by atoms with Crippen LogP contribution in [-0.4, -0.2) is 52.8 Å². The summed E-state index contributed by atoms with van der Waals surface area (Å²) in [6.07, 6.45) is 0.240. The van der Waals surface area contributed by atoms with Crippen molar-refractivity contribution in [1.82, 2.24) is 10.1 Å². The Hall–Kier alpha value is -2.38. The number of hydrogen-bond acceptors (Lipinski definition) is 5. The summed E-state index contributed by atoms with van der Waals surface area (Å²) in [4.78, 5) is 25.1. The molecule has 1 amide bonds. The molecule has 1 aliphatic rings. The molecule has 3 rings (SSSR count). The number of halogens is 1. The molecular formula is C15H13ClN2O5. The monoisotopic (exact) mass is 336 g/mol. The van der Waals surface area contributed by atoms with Crippen LogP contribution in [0.4, 0.5) is 0 Å². The van der Waals surface area contributed by atoms with Gasteiger partial charge in [0, 0.05) is 17.1 Å². The average molecular weight is 337 g/mol. The molecule has 23 heavy (non-hydrogen) atoms. The number of aromatic nitrogens is 1. The molecule has 120 valence electrons. The van der Waals surface area contributed by atoms with E-state index in [1.165, 1.54) is 11.2 Å². The van der Waals surface area contributed by atoms with Crippen LogP contribution in [-0.2, 0) is 9.53 Å². The number of carboxylic acid groups (broad SMARTS) is 1. The van der Waals surface area contributed by atoms with Crippen molar-refractivity contribution in [2.45, 2.75) is 6.10 Å². The van der Waals surface area contributed by atoms with Crippen LogP contribution in [0.25, 0.3) is 11.3 Å². The Morgan fingerprint density at radius 3 is 2.74 bits per heavy atom. The fourth-order valence-corrected chi connectivity index (χ4v) is 2.48. The van der Waals surface area contributed by atoms with Gasteiger partial charge in [0.15, 0.2) is 6.10 Å². The van der Waals surface area contributed by atoms with Crippen LogP contribution in [0.1, 0.15) is 10.4 Å². The molecule has 0 aliphatic carbocycles. The number of ether oxygens (including phenoxy) is 1. The van der Waals surface area contributed by atoms with Crippen LogP contribution in [0.15, 0.2) is 35.1 Å². The third-order valence-electron chi connectivity index (χ3n) is 3.55. The number of nitrogens with zero attached hydrogens (tertiary/aromatic N) is 2. The molecule has 1 aliphatic heterocycles. The van der Waals surface area contributed by atoms with Gasteiger partial charge >= 0.3 is 5.97 Å². The normalized spacial score (nSPS) is 18.0. The standard InChI is InChI=1S/C15H13ClN2O5/c16-10-3-1-9(2-4-10)13-11(8-23-17-13)14(19)18-5-6-22-12(7-18)15(20)21/h1-4,8,12H,5-7H2,(H,20,21)/t12-/m0/s1. The Balaban J connectivity index is 1.85. The van der Waals surface area contributed by atoms with Crippen molar-refractivity contribution in [2.24, 2.45) is 0 Å². The van der Waals surface area contributed by atoms with Crippen LogP contribution in [0.2, 0.25) is 5.02 Å². The SMILES string of the molecule is O=C(O)[C@@H]1CN(C(=O)c2conc2-c2ccc(Cl)cc2)CCO1. The summed E-state index contributed by atoms with van der Waals surface area (Å²) in [6, 6.07) is 6.84. The van der Waals surface area contributed by atoms with E-state index in [-0.39, 0.29) is 24.6 Å². The molecule has 2 aromatic rings. The summed E-state index contributed by atoms with van der Waals surface area (Å²) in [7, 11) is 0. The smallest absolute Gasteiger partial charge is 0.334 e. The van der Waals surface area contributed by atoms with E-state index >= 15 is 0 Å². The minimum atomic E-state index is -1.09. The second-order valence-corrected chi connectivity index (χ2v) is 5.47. The van der Waals surface area contributed by atoms with Crippen LogP contribution in [0.3, 0.4) is 0 Å². The summed E-state index contributed by atoms with van der Waals surface area (Å²) < 4.78 is 10.1. The molecule has 1 atom stereocenters. The molecule has 8 heteroatoms. The molecule has 0 unspecified atom stereocenters. The first-order valence-corrected chi connectivity index (χ1v) is 7.28. The zero-order valence-corrected chi connectivity index (χ0v) is 12.7. The summed E-state index contributed by atoms with van der Waals surface area (Å²) in [5.74, 6) is -1.43. The van der Waals surface area contributed by atoms with Crippen molar-refractivity contribution in [1.29, 1.82) is 0 Å². The minimum absolute atomic E-state index is 0.0145. The van der Waals surface area contributed by atoms with Gasteiger partial charge in [0.1, 0.15) is 17.5 Å². The van der Waals surface area contributed by atoms with Crippen molar-refractivity contribution in [3.63, 3.8) is 0 Å². The van der Waals surface area contributed by atoms with Gasteiger partial charge in [-0.25, -0.2) is 4.79 Å². The van der Waals surface area contributed by atoms with E-state index in [0.717, 1.165) is 0 Å². The molecule has 0 radical (unpaired) electrons. The van der Waals surface area contributed by atoms with Crippen molar-refractivity contribution in [3.05, 3.63) is 41.1 Å². The number of carbonyl (C=O) groups is 2. The highest BCUT2D eigenvalue weighted by Crippen LogP contribution is 2.25. The molecule has 7 nitrogen and oxygen atoms in total. The lowest BCUT2D eigenvalue weighted by atomic mass is 10.1. The third kappa shape index (κ3) is 3.20. The topological polar surface area (TPSA) is 92.9 Å². The first kappa shape index (κ1) is 15.5. The maximum absolute atomic E-state index is 12.6. The van der Waals surface area contributed by atoms with Gasteiger partial charge in [0.25, 0.3) is 5.91 Å². The number of carboxylic acids is 1. The van der Waals surface area contributed by atoms with E-state index in [9.17, 15) is 9.59 Å². The molecule has 0 saturated carbocycles. The molecule has 0 bridgehead atoms. The van der Waals surface area contributed by atoms with Gasteiger partial charge in [-0.05, 0) is 12.1 Å². The number of carbonyl (C=O) groups excluding carboxylic acids is 1. The van der Waals surface area contributed by atoms with Gasteiger partial charge in [-0.3, -0.25) is 4.79 Å². The first-order chi connectivity index (χ1) is 11.1. The molecule has 1 aromatic heterocycles. The molecular weight excluding hydrogens is 324 g/mol. The van der Waals surface area contributed by atoms with E-state index in [0.29, 0.717) is 22.8 Å². The highest BCUT2D eigenvalue weighted by molar-refractivity contribution is 6.30. The Bertz CT molecular complexity index is 728. The quantitative estimate of drug-likeness (QED) is 0.920. The van der Waals surface area contributed by atoms with E-state index < -0.39 is 12.1 Å². The highest BCUT2D eigenvalue weighted by atomic mass is 35.5. The number of hydrogen-bond donors (Lipinski definition) is 1. The Morgan fingerprint density at radius 2 is 2.04 bits per heavy atom. The second kappa shape index (κ2) is 6.39. The van der Waals surface area contributed by atoms with Crippen molar-refractivity contribution >= 4 is 23.5 Å². The van der Waals surface area contributed by atoms with Crippen LogP contribution < -0.4 is 0 Å². The van der Waals surface area contributed by atoms with Crippen LogP contribution in [0.5, 0.6) is 0 Å².